The lowest BCUT2D eigenvalue weighted by atomic mass is 10.2. The number of halogens is 2. The van der Waals surface area contributed by atoms with Crippen molar-refractivity contribution in [3.8, 4) is 0 Å². The summed E-state index contributed by atoms with van der Waals surface area (Å²) >= 11 is 0. The first-order valence-electron chi connectivity index (χ1n) is 6.97. The Labute approximate surface area is 140 Å². The van der Waals surface area contributed by atoms with E-state index in [1.54, 1.807) is 0 Å². The summed E-state index contributed by atoms with van der Waals surface area (Å²) < 4.78 is 33.1. The molecule has 1 aromatic heterocycles. The second kappa shape index (κ2) is 7.07. The zero-order valence-electron chi connectivity index (χ0n) is 13.2. The molecule has 10 heteroatoms. The number of aromatic nitrogens is 1. The molecule has 0 bridgehead atoms. The molecule has 1 amide bonds. The van der Waals surface area contributed by atoms with Crippen LogP contribution < -0.4 is 5.32 Å². The van der Waals surface area contributed by atoms with E-state index in [4.69, 9.17) is 4.74 Å². The van der Waals surface area contributed by atoms with E-state index in [1.165, 1.54) is 18.5 Å². The van der Waals surface area contributed by atoms with Gasteiger partial charge in [0.1, 0.15) is 23.0 Å². The fraction of sp³-hybridized carbons (Fsp3) is 0.200. The Kier molecular flexibility index (Phi) is 5.11. The average Bonchev–Trinajstić information content (AvgIpc) is 2.93. The molecule has 0 aliphatic heterocycles. The molecule has 1 atom stereocenters. The minimum atomic E-state index is -1.39. The van der Waals surface area contributed by atoms with Crippen LogP contribution in [0.25, 0.3) is 0 Å². The lowest BCUT2D eigenvalue weighted by molar-refractivity contribution is -0.384. The highest BCUT2D eigenvalue weighted by Gasteiger charge is 2.24. The molecule has 1 N–H and O–H groups in total. The lowest BCUT2D eigenvalue weighted by Crippen LogP contribution is -2.31. The molecule has 0 aliphatic rings. The first kappa shape index (κ1) is 18.0. The SMILES string of the molecule is CC(OC(=O)c1cc([N+](=O)[O-])cn1C)C(=O)Nc1c(F)cccc1F. The molecule has 0 aliphatic carbocycles. The Hall–Kier alpha value is -3.30. The van der Waals surface area contributed by atoms with E-state index in [0.717, 1.165) is 30.5 Å². The van der Waals surface area contributed by atoms with Gasteiger partial charge < -0.3 is 14.6 Å². The minimum Gasteiger partial charge on any atom is -0.448 e. The summed E-state index contributed by atoms with van der Waals surface area (Å²) in [6.07, 6.45) is -0.281. The summed E-state index contributed by atoms with van der Waals surface area (Å²) in [6.45, 7) is 1.20. The highest BCUT2D eigenvalue weighted by molar-refractivity contribution is 5.97. The van der Waals surface area contributed by atoms with E-state index in [9.17, 15) is 28.5 Å². The summed E-state index contributed by atoms with van der Waals surface area (Å²) in [7, 11) is 1.39. The summed E-state index contributed by atoms with van der Waals surface area (Å²) in [5, 5.41) is 12.7. The van der Waals surface area contributed by atoms with Crippen LogP contribution in [0.2, 0.25) is 0 Å². The Morgan fingerprint density at radius 2 is 1.92 bits per heavy atom. The summed E-state index contributed by atoms with van der Waals surface area (Å²) in [6, 6.07) is 4.03. The quantitative estimate of drug-likeness (QED) is 0.505. The van der Waals surface area contributed by atoms with Crippen LogP contribution in [0.5, 0.6) is 0 Å². The third-order valence-corrected chi connectivity index (χ3v) is 3.27. The van der Waals surface area contributed by atoms with Crippen LogP contribution >= 0.6 is 0 Å². The maximum Gasteiger partial charge on any atom is 0.355 e. The van der Waals surface area contributed by atoms with Crippen LogP contribution in [0.4, 0.5) is 20.2 Å². The fourth-order valence-electron chi connectivity index (χ4n) is 1.97. The van der Waals surface area contributed by atoms with Gasteiger partial charge in [-0.15, -0.1) is 0 Å². The molecular formula is C15H13F2N3O5. The van der Waals surface area contributed by atoms with Crippen molar-refractivity contribution < 1.29 is 28.0 Å². The Morgan fingerprint density at radius 3 is 2.44 bits per heavy atom. The normalized spacial score (nSPS) is 11.7. The molecule has 132 valence electrons. The van der Waals surface area contributed by atoms with Crippen LogP contribution in [0.3, 0.4) is 0 Å². The highest BCUT2D eigenvalue weighted by Crippen LogP contribution is 2.19. The number of aryl methyl sites for hydroxylation is 1. The number of hydrogen-bond donors (Lipinski definition) is 1. The molecule has 2 aromatic rings. The predicted molar refractivity (Wildman–Crippen MR) is 81.9 cm³/mol. The number of amides is 1. The first-order chi connectivity index (χ1) is 11.7. The van der Waals surface area contributed by atoms with Gasteiger partial charge in [-0.25, -0.2) is 13.6 Å². The van der Waals surface area contributed by atoms with Crippen LogP contribution in [0.15, 0.2) is 30.5 Å². The van der Waals surface area contributed by atoms with Crippen LogP contribution in [0, 0.1) is 21.7 Å². The largest absolute Gasteiger partial charge is 0.448 e. The third kappa shape index (κ3) is 3.97. The Morgan fingerprint density at radius 1 is 1.32 bits per heavy atom. The number of esters is 1. The zero-order chi connectivity index (χ0) is 18.7. The smallest absolute Gasteiger partial charge is 0.355 e. The summed E-state index contributed by atoms with van der Waals surface area (Å²) in [5.41, 5.74) is -1.13. The van der Waals surface area contributed by atoms with Gasteiger partial charge in [-0.05, 0) is 19.1 Å². The van der Waals surface area contributed by atoms with Crippen molar-refractivity contribution in [1.29, 1.82) is 0 Å². The van der Waals surface area contributed by atoms with Gasteiger partial charge in [0.2, 0.25) is 0 Å². The molecule has 1 aromatic carbocycles. The molecule has 8 nitrogen and oxygen atoms in total. The topological polar surface area (TPSA) is 103 Å². The molecule has 0 fully saturated rings. The van der Waals surface area contributed by atoms with Crippen molar-refractivity contribution in [2.75, 3.05) is 5.32 Å². The summed E-state index contributed by atoms with van der Waals surface area (Å²) in [4.78, 5) is 34.0. The van der Waals surface area contributed by atoms with Gasteiger partial charge in [-0.1, -0.05) is 6.07 Å². The lowest BCUT2D eigenvalue weighted by Gasteiger charge is -2.14. The van der Waals surface area contributed by atoms with Gasteiger partial charge in [-0.3, -0.25) is 14.9 Å². The van der Waals surface area contributed by atoms with Gasteiger partial charge in [0.05, 0.1) is 11.1 Å². The fourth-order valence-corrected chi connectivity index (χ4v) is 1.97. The molecule has 0 radical (unpaired) electrons. The number of benzene rings is 1. The minimum absolute atomic E-state index is 0.150. The number of ether oxygens (including phenoxy) is 1. The van der Waals surface area contributed by atoms with Crippen molar-refractivity contribution in [2.45, 2.75) is 13.0 Å². The van der Waals surface area contributed by atoms with Crippen LogP contribution in [-0.4, -0.2) is 27.5 Å². The van der Waals surface area contributed by atoms with Gasteiger partial charge in [0.15, 0.2) is 6.10 Å². The van der Waals surface area contributed by atoms with Crippen molar-refractivity contribution in [2.24, 2.45) is 7.05 Å². The number of nitrogens with zero attached hydrogens (tertiary/aromatic N) is 2. The molecule has 0 saturated heterocycles. The average molecular weight is 353 g/mol. The van der Waals surface area contributed by atoms with Crippen molar-refractivity contribution >= 4 is 23.3 Å². The Bertz CT molecular complexity index is 829. The van der Waals surface area contributed by atoms with Crippen LogP contribution in [-0.2, 0) is 16.6 Å². The van der Waals surface area contributed by atoms with Crippen LogP contribution in [0.1, 0.15) is 17.4 Å². The number of anilines is 1. The maximum absolute atomic E-state index is 13.5. The monoisotopic (exact) mass is 353 g/mol. The van der Waals surface area contributed by atoms with E-state index >= 15 is 0 Å². The molecule has 1 heterocycles. The molecule has 25 heavy (non-hydrogen) atoms. The second-order valence-electron chi connectivity index (χ2n) is 5.09. The number of carbonyl (C=O) groups is 2. The van der Waals surface area contributed by atoms with Crippen molar-refractivity contribution in [1.82, 2.24) is 4.57 Å². The number of carbonyl (C=O) groups excluding carboxylic acids is 2. The predicted octanol–water partition coefficient (Wildman–Crippen LogP) is 2.40. The van der Waals surface area contributed by atoms with E-state index in [2.05, 4.69) is 0 Å². The standard InChI is InChI=1S/C15H13F2N3O5/c1-8(14(21)18-13-10(16)4-3-5-11(13)17)25-15(22)12-6-9(20(23)24)7-19(12)2/h3-8H,1-2H3,(H,18,21). The van der Waals surface area contributed by atoms with E-state index in [1.807, 2.05) is 5.32 Å². The van der Waals surface area contributed by atoms with Gasteiger partial charge in [0, 0.05) is 13.1 Å². The van der Waals surface area contributed by atoms with E-state index in [-0.39, 0.29) is 11.4 Å². The second-order valence-corrected chi connectivity index (χ2v) is 5.09. The number of rotatable bonds is 5. The van der Waals surface area contributed by atoms with Crippen molar-refractivity contribution in [3.63, 3.8) is 0 Å². The zero-order valence-corrected chi connectivity index (χ0v) is 13.2. The highest BCUT2D eigenvalue weighted by atomic mass is 19.1. The van der Waals surface area contributed by atoms with Crippen molar-refractivity contribution in [3.05, 3.63) is 57.9 Å². The molecule has 0 saturated carbocycles. The molecule has 2 rings (SSSR count). The Balaban J connectivity index is 2.08. The number of hydrogen-bond acceptors (Lipinski definition) is 5. The number of nitro groups is 1. The van der Waals surface area contributed by atoms with E-state index in [0.29, 0.717) is 0 Å². The van der Waals surface area contributed by atoms with Gasteiger partial charge in [0.25, 0.3) is 11.6 Å². The molecular weight excluding hydrogens is 340 g/mol. The maximum atomic E-state index is 13.5. The van der Waals surface area contributed by atoms with Gasteiger partial charge >= 0.3 is 5.97 Å². The number of nitrogens with one attached hydrogen (secondary N) is 1. The van der Waals surface area contributed by atoms with Gasteiger partial charge in [-0.2, -0.15) is 0 Å². The summed E-state index contributed by atoms with van der Waals surface area (Å²) in [5.74, 6) is -3.91. The molecule has 1 unspecified atom stereocenters. The van der Waals surface area contributed by atoms with E-state index < -0.39 is 40.2 Å². The molecule has 0 spiro atoms. The number of para-hydroxylation sites is 1. The third-order valence-electron chi connectivity index (χ3n) is 3.27. The first-order valence-corrected chi connectivity index (χ1v) is 6.97.